The standard InChI is InChI=1S/C23H31N3O5S2/c1-31-23-8-4-3-7-22(23)25-16-13-19(18-25)17-24-32(27,28)20-9-11-21(12-10-20)33(29,30)26-14-5-2-6-15-26/h3-4,7-12,19,24H,2,5-6,13-18H2,1H3. The number of ether oxygens (including phenoxy) is 1. The summed E-state index contributed by atoms with van der Waals surface area (Å²) in [6.45, 7) is 2.90. The molecule has 33 heavy (non-hydrogen) atoms. The third-order valence-corrected chi connectivity index (χ3v) is 9.71. The Morgan fingerprint density at radius 2 is 1.58 bits per heavy atom. The fourth-order valence-electron chi connectivity index (χ4n) is 4.47. The zero-order valence-electron chi connectivity index (χ0n) is 18.8. The molecule has 0 radical (unpaired) electrons. The van der Waals surface area contributed by atoms with Crippen LogP contribution in [0.4, 0.5) is 5.69 Å². The van der Waals surface area contributed by atoms with Crippen molar-refractivity contribution in [3.05, 3.63) is 48.5 Å². The predicted octanol–water partition coefficient (Wildman–Crippen LogP) is 2.67. The van der Waals surface area contributed by atoms with Gasteiger partial charge in [0.2, 0.25) is 20.0 Å². The maximum atomic E-state index is 12.8. The van der Waals surface area contributed by atoms with Crippen LogP contribution in [-0.2, 0) is 20.0 Å². The molecule has 2 aliphatic rings. The van der Waals surface area contributed by atoms with Gasteiger partial charge in [0, 0.05) is 32.7 Å². The molecule has 2 aromatic rings. The highest BCUT2D eigenvalue weighted by Crippen LogP contribution is 2.32. The Bertz CT molecular complexity index is 1160. The van der Waals surface area contributed by atoms with Gasteiger partial charge in [0.05, 0.1) is 22.6 Å². The third kappa shape index (κ3) is 5.34. The van der Waals surface area contributed by atoms with Gasteiger partial charge in [-0.25, -0.2) is 21.6 Å². The molecule has 4 rings (SSSR count). The number of nitrogens with one attached hydrogen (secondary N) is 1. The lowest BCUT2D eigenvalue weighted by Gasteiger charge is -2.25. The maximum Gasteiger partial charge on any atom is 0.243 e. The van der Waals surface area contributed by atoms with Crippen molar-refractivity contribution < 1.29 is 21.6 Å². The fourth-order valence-corrected chi connectivity index (χ4v) is 7.10. The Hall–Kier alpha value is -2.14. The minimum atomic E-state index is -3.73. The Kier molecular flexibility index (Phi) is 7.28. The molecule has 1 N–H and O–H groups in total. The summed E-state index contributed by atoms with van der Waals surface area (Å²) in [5.41, 5.74) is 1.01. The molecule has 1 unspecified atom stereocenters. The smallest absolute Gasteiger partial charge is 0.243 e. The molecular weight excluding hydrogens is 462 g/mol. The summed E-state index contributed by atoms with van der Waals surface area (Å²) in [5.74, 6) is 0.974. The lowest BCUT2D eigenvalue weighted by atomic mass is 10.1. The van der Waals surface area contributed by atoms with E-state index in [1.807, 2.05) is 24.3 Å². The van der Waals surface area contributed by atoms with Gasteiger partial charge in [-0.05, 0) is 61.6 Å². The van der Waals surface area contributed by atoms with E-state index in [2.05, 4.69) is 9.62 Å². The van der Waals surface area contributed by atoms with Crippen LogP contribution in [-0.4, -0.2) is 61.0 Å². The zero-order valence-corrected chi connectivity index (χ0v) is 20.4. The predicted molar refractivity (Wildman–Crippen MR) is 128 cm³/mol. The van der Waals surface area contributed by atoms with E-state index in [9.17, 15) is 16.8 Å². The number of hydrogen-bond acceptors (Lipinski definition) is 6. The van der Waals surface area contributed by atoms with Gasteiger partial charge in [0.15, 0.2) is 0 Å². The summed E-state index contributed by atoms with van der Waals surface area (Å²) in [5, 5.41) is 0. The second-order valence-corrected chi connectivity index (χ2v) is 12.3. The molecule has 10 heteroatoms. The maximum absolute atomic E-state index is 12.8. The third-order valence-electron chi connectivity index (χ3n) is 6.36. The molecule has 0 aromatic heterocycles. The van der Waals surface area contributed by atoms with E-state index in [-0.39, 0.29) is 15.7 Å². The first-order valence-corrected chi connectivity index (χ1v) is 14.2. The molecule has 180 valence electrons. The minimum Gasteiger partial charge on any atom is -0.495 e. The summed E-state index contributed by atoms with van der Waals surface area (Å²) >= 11 is 0. The fraction of sp³-hybridized carbons (Fsp3) is 0.478. The van der Waals surface area contributed by atoms with Crippen LogP contribution in [0.15, 0.2) is 58.3 Å². The molecule has 0 spiro atoms. The molecule has 8 nitrogen and oxygen atoms in total. The van der Waals surface area contributed by atoms with E-state index in [4.69, 9.17) is 4.74 Å². The summed E-state index contributed by atoms with van der Waals surface area (Å²) in [7, 11) is -5.67. The average Bonchev–Trinajstić information content (AvgIpc) is 3.32. The van der Waals surface area contributed by atoms with Crippen molar-refractivity contribution in [2.24, 2.45) is 5.92 Å². The van der Waals surface area contributed by atoms with Crippen LogP contribution in [0.1, 0.15) is 25.7 Å². The number of nitrogens with zero attached hydrogens (tertiary/aromatic N) is 2. The number of sulfonamides is 2. The Morgan fingerprint density at radius 3 is 2.27 bits per heavy atom. The summed E-state index contributed by atoms with van der Waals surface area (Å²) in [4.78, 5) is 2.41. The SMILES string of the molecule is COc1ccccc1N1CCC(CNS(=O)(=O)c2ccc(S(=O)(=O)N3CCCCC3)cc2)C1. The molecule has 0 bridgehead atoms. The Balaban J connectivity index is 1.37. The molecule has 2 saturated heterocycles. The van der Waals surface area contributed by atoms with E-state index < -0.39 is 20.0 Å². The van der Waals surface area contributed by atoms with Crippen molar-refractivity contribution in [1.82, 2.24) is 9.03 Å². The van der Waals surface area contributed by atoms with E-state index in [0.29, 0.717) is 19.6 Å². The van der Waals surface area contributed by atoms with E-state index >= 15 is 0 Å². The molecule has 0 aliphatic carbocycles. The van der Waals surface area contributed by atoms with Crippen LogP contribution >= 0.6 is 0 Å². The van der Waals surface area contributed by atoms with Crippen LogP contribution in [0.25, 0.3) is 0 Å². The molecule has 2 fully saturated rings. The molecule has 2 heterocycles. The van der Waals surface area contributed by atoms with Crippen LogP contribution < -0.4 is 14.4 Å². The van der Waals surface area contributed by atoms with Gasteiger partial charge >= 0.3 is 0 Å². The van der Waals surface area contributed by atoms with Crippen LogP contribution in [0.5, 0.6) is 5.75 Å². The molecule has 2 aromatic carbocycles. The number of benzene rings is 2. The average molecular weight is 494 g/mol. The second-order valence-electron chi connectivity index (χ2n) is 8.56. The molecular formula is C23H31N3O5S2. The highest BCUT2D eigenvalue weighted by atomic mass is 32.2. The van der Waals surface area contributed by atoms with Crippen molar-refractivity contribution >= 4 is 25.7 Å². The van der Waals surface area contributed by atoms with Gasteiger partial charge in [-0.2, -0.15) is 4.31 Å². The topological polar surface area (TPSA) is 96.0 Å². The van der Waals surface area contributed by atoms with Crippen molar-refractivity contribution in [3.8, 4) is 5.75 Å². The highest BCUT2D eigenvalue weighted by Gasteiger charge is 2.28. The van der Waals surface area contributed by atoms with Gasteiger partial charge in [-0.3, -0.25) is 0 Å². The van der Waals surface area contributed by atoms with E-state index in [1.165, 1.54) is 28.6 Å². The summed E-state index contributed by atoms with van der Waals surface area (Å²) in [6.07, 6.45) is 3.61. The van der Waals surface area contributed by atoms with Gasteiger partial charge in [0.1, 0.15) is 5.75 Å². The van der Waals surface area contributed by atoms with Gasteiger partial charge in [-0.15, -0.1) is 0 Å². The Morgan fingerprint density at radius 1 is 0.909 bits per heavy atom. The van der Waals surface area contributed by atoms with Gasteiger partial charge in [0.25, 0.3) is 0 Å². The van der Waals surface area contributed by atoms with Crippen molar-refractivity contribution in [2.45, 2.75) is 35.5 Å². The van der Waals surface area contributed by atoms with Crippen molar-refractivity contribution in [1.29, 1.82) is 0 Å². The Labute approximate surface area is 196 Å². The molecule has 1 atom stereocenters. The van der Waals surface area contributed by atoms with E-state index in [0.717, 1.165) is 50.2 Å². The number of rotatable bonds is 8. The highest BCUT2D eigenvalue weighted by molar-refractivity contribution is 7.89. The zero-order chi connectivity index (χ0) is 23.5. The summed E-state index contributed by atoms with van der Waals surface area (Å²) in [6, 6.07) is 13.3. The first-order chi connectivity index (χ1) is 15.8. The molecule has 0 saturated carbocycles. The van der Waals surface area contributed by atoms with Crippen molar-refractivity contribution in [2.75, 3.05) is 44.7 Å². The van der Waals surface area contributed by atoms with Crippen LogP contribution in [0, 0.1) is 5.92 Å². The van der Waals surface area contributed by atoms with Crippen LogP contribution in [0.2, 0.25) is 0 Å². The van der Waals surface area contributed by atoms with Crippen molar-refractivity contribution in [3.63, 3.8) is 0 Å². The lowest BCUT2D eigenvalue weighted by molar-refractivity contribution is 0.346. The number of anilines is 1. The van der Waals surface area contributed by atoms with Gasteiger partial charge < -0.3 is 9.64 Å². The molecule has 0 amide bonds. The number of methoxy groups -OCH3 is 1. The number of hydrogen-bond donors (Lipinski definition) is 1. The normalized spacial score (nSPS) is 20.2. The first kappa shape index (κ1) is 24.0. The summed E-state index contributed by atoms with van der Waals surface area (Å²) < 4.78 is 60.8. The second kappa shape index (κ2) is 10.0. The largest absolute Gasteiger partial charge is 0.495 e. The van der Waals surface area contributed by atoms with Crippen LogP contribution in [0.3, 0.4) is 0 Å². The molecule has 2 aliphatic heterocycles. The minimum absolute atomic E-state index is 0.0691. The monoisotopic (exact) mass is 493 g/mol. The van der Waals surface area contributed by atoms with Gasteiger partial charge in [-0.1, -0.05) is 18.6 Å². The number of para-hydroxylation sites is 2. The first-order valence-electron chi connectivity index (χ1n) is 11.3. The lowest BCUT2D eigenvalue weighted by Crippen LogP contribution is -2.35. The van der Waals surface area contributed by atoms with E-state index in [1.54, 1.807) is 7.11 Å². The number of piperidine rings is 1. The quantitative estimate of drug-likeness (QED) is 0.608.